The molecule has 3 heterocycles. The molecule has 1 amide bonds. The molecule has 2 aromatic rings. The third-order valence-corrected chi connectivity index (χ3v) is 5.69. The summed E-state index contributed by atoms with van der Waals surface area (Å²) in [6.07, 6.45) is 0.806. The van der Waals surface area contributed by atoms with Crippen molar-refractivity contribution in [3.8, 4) is 5.75 Å². The maximum atomic E-state index is 12.1. The van der Waals surface area contributed by atoms with Crippen molar-refractivity contribution in [2.24, 2.45) is 5.73 Å². The number of fused-ring (bicyclic) bond motifs is 1. The number of anilines is 1. The molecule has 150 valence electrons. The average molecular weight is 384 g/mol. The number of piperazine rings is 1. The molecular formula is C21H28N4O3. The molecule has 7 nitrogen and oxygen atoms in total. The molecule has 28 heavy (non-hydrogen) atoms. The number of nitrogens with two attached hydrogens (primary N) is 1. The molecular weight excluding hydrogens is 356 g/mol. The molecule has 2 saturated heterocycles. The average Bonchev–Trinajstić information content (AvgIpc) is 3.18. The summed E-state index contributed by atoms with van der Waals surface area (Å²) in [6, 6.07) is 10.2. The predicted octanol–water partition coefficient (Wildman–Crippen LogP) is 1.79. The van der Waals surface area contributed by atoms with Crippen LogP contribution in [0.5, 0.6) is 5.75 Å². The van der Waals surface area contributed by atoms with Crippen LogP contribution in [0, 0.1) is 0 Å². The molecule has 0 spiro atoms. The largest absolute Gasteiger partial charge is 0.491 e. The van der Waals surface area contributed by atoms with Crippen LogP contribution in [0.1, 0.15) is 20.3 Å². The summed E-state index contributed by atoms with van der Waals surface area (Å²) in [5.41, 5.74) is 6.00. The van der Waals surface area contributed by atoms with Gasteiger partial charge in [-0.25, -0.2) is 4.98 Å². The zero-order valence-corrected chi connectivity index (χ0v) is 16.6. The minimum Gasteiger partial charge on any atom is -0.491 e. The number of pyridine rings is 1. The van der Waals surface area contributed by atoms with Crippen molar-refractivity contribution in [2.45, 2.75) is 31.9 Å². The molecule has 2 aliphatic rings. The van der Waals surface area contributed by atoms with Gasteiger partial charge in [0.15, 0.2) is 0 Å². The summed E-state index contributed by atoms with van der Waals surface area (Å²) >= 11 is 0. The maximum Gasteiger partial charge on any atom is 0.240 e. The zero-order valence-electron chi connectivity index (χ0n) is 16.6. The molecule has 0 saturated carbocycles. The number of carbonyl (C=O) groups excluding carboxylic acids is 1. The Kier molecular flexibility index (Phi) is 5.12. The Morgan fingerprint density at radius 1 is 1.21 bits per heavy atom. The number of rotatable bonds is 5. The number of benzene rings is 1. The van der Waals surface area contributed by atoms with E-state index >= 15 is 0 Å². The van der Waals surface area contributed by atoms with Crippen LogP contribution >= 0.6 is 0 Å². The summed E-state index contributed by atoms with van der Waals surface area (Å²) in [6.45, 7) is 8.16. The quantitative estimate of drug-likeness (QED) is 0.847. The number of ether oxygens (including phenoxy) is 2. The van der Waals surface area contributed by atoms with Gasteiger partial charge in [0.1, 0.15) is 17.1 Å². The maximum absolute atomic E-state index is 12.1. The third-order valence-electron chi connectivity index (χ3n) is 5.69. The van der Waals surface area contributed by atoms with Gasteiger partial charge < -0.3 is 20.1 Å². The van der Waals surface area contributed by atoms with E-state index in [1.807, 2.05) is 32.0 Å². The normalized spacial score (nSPS) is 23.5. The monoisotopic (exact) mass is 384 g/mol. The Hall–Kier alpha value is -2.38. The molecule has 4 rings (SSSR count). The van der Waals surface area contributed by atoms with Crippen LogP contribution in [0.4, 0.5) is 5.82 Å². The second-order valence-corrected chi connectivity index (χ2v) is 7.86. The Morgan fingerprint density at radius 3 is 2.61 bits per heavy atom. The van der Waals surface area contributed by atoms with Crippen molar-refractivity contribution in [2.75, 3.05) is 44.3 Å². The number of nitrogens with zero attached hydrogens (tertiary/aromatic N) is 3. The molecule has 2 fully saturated rings. The molecule has 1 aromatic carbocycles. The van der Waals surface area contributed by atoms with Crippen molar-refractivity contribution < 1.29 is 14.3 Å². The van der Waals surface area contributed by atoms with Gasteiger partial charge in [0.2, 0.25) is 5.91 Å². The van der Waals surface area contributed by atoms with E-state index < -0.39 is 5.54 Å². The summed E-state index contributed by atoms with van der Waals surface area (Å²) in [4.78, 5) is 21.4. The summed E-state index contributed by atoms with van der Waals surface area (Å²) in [5, 5.41) is 1.09. The molecule has 0 aliphatic carbocycles. The first-order valence-corrected chi connectivity index (χ1v) is 9.93. The Bertz CT molecular complexity index is 856. The van der Waals surface area contributed by atoms with E-state index in [1.165, 1.54) is 0 Å². The van der Waals surface area contributed by atoms with E-state index in [0.29, 0.717) is 19.6 Å². The van der Waals surface area contributed by atoms with E-state index in [1.54, 1.807) is 0 Å². The van der Waals surface area contributed by atoms with E-state index in [0.717, 1.165) is 48.6 Å². The second kappa shape index (κ2) is 7.56. The highest BCUT2D eigenvalue weighted by Crippen LogP contribution is 2.29. The van der Waals surface area contributed by atoms with Crippen molar-refractivity contribution in [3.63, 3.8) is 0 Å². The molecule has 1 aromatic heterocycles. The van der Waals surface area contributed by atoms with Crippen LogP contribution in [-0.2, 0) is 9.53 Å². The Morgan fingerprint density at radius 2 is 1.96 bits per heavy atom. The van der Waals surface area contributed by atoms with Gasteiger partial charge >= 0.3 is 0 Å². The van der Waals surface area contributed by atoms with E-state index in [-0.39, 0.29) is 12.0 Å². The molecule has 0 radical (unpaired) electrons. The van der Waals surface area contributed by atoms with Crippen LogP contribution in [0.15, 0.2) is 30.3 Å². The van der Waals surface area contributed by atoms with Gasteiger partial charge in [0.05, 0.1) is 18.2 Å². The van der Waals surface area contributed by atoms with Gasteiger partial charge in [-0.3, -0.25) is 9.69 Å². The SMILES string of the molecule is CC(C)Oc1ccc2ccc(N3CCN(C4(C(N)=O)CCOC4)CC3)nc2c1. The standard InChI is InChI=1S/C21H28N4O3/c1-15(2)28-17-5-3-16-4-6-19(23-18(16)13-17)24-8-10-25(11-9-24)21(20(22)26)7-12-27-14-21/h3-6,13,15H,7-12,14H2,1-2H3,(H2,22,26). The Labute approximate surface area is 165 Å². The fourth-order valence-electron chi connectivity index (χ4n) is 4.13. The Balaban J connectivity index is 1.49. The summed E-state index contributed by atoms with van der Waals surface area (Å²) < 4.78 is 11.3. The van der Waals surface area contributed by atoms with Crippen LogP contribution in [0.3, 0.4) is 0 Å². The van der Waals surface area contributed by atoms with Gasteiger partial charge in [-0.2, -0.15) is 0 Å². The van der Waals surface area contributed by atoms with Crippen LogP contribution in [0.25, 0.3) is 10.9 Å². The summed E-state index contributed by atoms with van der Waals surface area (Å²) in [7, 11) is 0. The number of aromatic nitrogens is 1. The lowest BCUT2D eigenvalue weighted by atomic mass is 9.94. The number of amides is 1. The first-order valence-electron chi connectivity index (χ1n) is 9.93. The minimum atomic E-state index is -0.647. The smallest absolute Gasteiger partial charge is 0.240 e. The van der Waals surface area contributed by atoms with Crippen molar-refractivity contribution in [1.82, 2.24) is 9.88 Å². The number of primary amides is 1. The van der Waals surface area contributed by atoms with E-state index in [9.17, 15) is 4.79 Å². The lowest BCUT2D eigenvalue weighted by Crippen LogP contribution is -2.63. The molecule has 1 unspecified atom stereocenters. The fourth-order valence-corrected chi connectivity index (χ4v) is 4.13. The third kappa shape index (κ3) is 3.52. The highest BCUT2D eigenvalue weighted by Gasteiger charge is 2.46. The lowest BCUT2D eigenvalue weighted by Gasteiger charge is -2.43. The fraction of sp³-hybridized carbons (Fsp3) is 0.524. The predicted molar refractivity (Wildman–Crippen MR) is 109 cm³/mol. The van der Waals surface area contributed by atoms with E-state index in [4.69, 9.17) is 20.2 Å². The molecule has 2 N–H and O–H groups in total. The number of hydrogen-bond donors (Lipinski definition) is 1. The van der Waals surface area contributed by atoms with Crippen molar-refractivity contribution in [1.29, 1.82) is 0 Å². The first kappa shape index (κ1) is 19.0. The van der Waals surface area contributed by atoms with Crippen LogP contribution in [0.2, 0.25) is 0 Å². The number of carbonyl (C=O) groups is 1. The highest BCUT2D eigenvalue weighted by molar-refractivity contribution is 5.85. The van der Waals surface area contributed by atoms with Crippen LogP contribution < -0.4 is 15.4 Å². The van der Waals surface area contributed by atoms with Crippen molar-refractivity contribution in [3.05, 3.63) is 30.3 Å². The first-order chi connectivity index (χ1) is 13.5. The van der Waals surface area contributed by atoms with Crippen molar-refractivity contribution >= 4 is 22.6 Å². The van der Waals surface area contributed by atoms with Gasteiger partial charge in [0, 0.05) is 50.7 Å². The van der Waals surface area contributed by atoms with Gasteiger partial charge in [-0.15, -0.1) is 0 Å². The second-order valence-electron chi connectivity index (χ2n) is 7.86. The minimum absolute atomic E-state index is 0.130. The molecule has 2 aliphatic heterocycles. The molecule has 1 atom stereocenters. The zero-order chi connectivity index (χ0) is 19.7. The van der Waals surface area contributed by atoms with E-state index in [2.05, 4.69) is 21.9 Å². The topological polar surface area (TPSA) is 80.9 Å². The van der Waals surface area contributed by atoms with Gasteiger partial charge in [0.25, 0.3) is 0 Å². The molecule has 0 bridgehead atoms. The van der Waals surface area contributed by atoms with Gasteiger partial charge in [-0.05, 0) is 38.1 Å². The number of hydrogen-bond acceptors (Lipinski definition) is 6. The summed E-state index contributed by atoms with van der Waals surface area (Å²) in [5.74, 6) is 1.51. The molecule has 7 heteroatoms. The highest BCUT2D eigenvalue weighted by atomic mass is 16.5. The lowest BCUT2D eigenvalue weighted by molar-refractivity contribution is -0.130. The van der Waals surface area contributed by atoms with Crippen LogP contribution in [-0.4, -0.2) is 66.8 Å². The van der Waals surface area contributed by atoms with Gasteiger partial charge in [-0.1, -0.05) is 0 Å².